The van der Waals surface area contributed by atoms with Gasteiger partial charge in [-0.1, -0.05) is 6.92 Å². The normalized spacial score (nSPS) is 11.2. The minimum atomic E-state index is -1.02. The van der Waals surface area contributed by atoms with Crippen LogP contribution in [0.15, 0.2) is 42.5 Å². The van der Waals surface area contributed by atoms with Crippen molar-refractivity contribution in [3.8, 4) is 11.5 Å². The van der Waals surface area contributed by atoms with E-state index in [9.17, 15) is 14.4 Å². The highest BCUT2D eigenvalue weighted by atomic mass is 16.5. The Morgan fingerprint density at radius 1 is 0.903 bits per heavy atom. The minimum absolute atomic E-state index is 0.185. The molecule has 31 heavy (non-hydrogen) atoms. The Morgan fingerprint density at radius 3 is 2.13 bits per heavy atom. The van der Waals surface area contributed by atoms with Gasteiger partial charge < -0.3 is 24.8 Å². The zero-order chi connectivity index (χ0) is 22.8. The molecular formula is C23H28N2O6. The molecule has 2 N–H and O–H groups in total. The summed E-state index contributed by atoms with van der Waals surface area (Å²) in [6, 6.07) is 11.4. The third kappa shape index (κ3) is 7.33. The molecule has 2 rings (SSSR count). The predicted octanol–water partition coefficient (Wildman–Crippen LogP) is 4.02. The van der Waals surface area contributed by atoms with Gasteiger partial charge in [0.15, 0.2) is 17.6 Å². The first kappa shape index (κ1) is 23.7. The van der Waals surface area contributed by atoms with E-state index in [1.807, 2.05) is 13.8 Å². The first-order valence-corrected chi connectivity index (χ1v) is 10.1. The van der Waals surface area contributed by atoms with Crippen molar-refractivity contribution in [1.29, 1.82) is 0 Å². The van der Waals surface area contributed by atoms with Gasteiger partial charge in [-0.2, -0.15) is 0 Å². The Labute approximate surface area is 181 Å². The van der Waals surface area contributed by atoms with E-state index in [0.29, 0.717) is 36.1 Å². The molecule has 0 saturated carbocycles. The van der Waals surface area contributed by atoms with Crippen LogP contribution in [-0.2, 0) is 14.3 Å². The van der Waals surface area contributed by atoms with Crippen molar-refractivity contribution >= 4 is 29.2 Å². The number of carbonyl (C=O) groups excluding carboxylic acids is 3. The summed E-state index contributed by atoms with van der Waals surface area (Å²) in [7, 11) is 0. The standard InChI is InChI=1S/C23H28N2O6/c1-5-13-30-20-12-7-17(14-21(20)29-6-2)23(28)31-15(3)22(27)25-19-10-8-18(9-11-19)24-16(4)26/h7-12,14-15H,5-6,13H2,1-4H3,(H,24,26)(H,25,27)/t15-/m1/s1. The Kier molecular flexibility index (Phi) is 8.87. The van der Waals surface area contributed by atoms with Gasteiger partial charge in [-0.3, -0.25) is 9.59 Å². The summed E-state index contributed by atoms with van der Waals surface area (Å²) in [5.41, 5.74) is 1.38. The monoisotopic (exact) mass is 428 g/mol. The van der Waals surface area contributed by atoms with Gasteiger partial charge in [-0.05, 0) is 62.7 Å². The molecule has 0 spiro atoms. The van der Waals surface area contributed by atoms with E-state index in [-0.39, 0.29) is 11.5 Å². The fraction of sp³-hybridized carbons (Fsp3) is 0.348. The van der Waals surface area contributed by atoms with Crippen molar-refractivity contribution in [2.45, 2.75) is 40.2 Å². The van der Waals surface area contributed by atoms with Gasteiger partial charge in [0.25, 0.3) is 5.91 Å². The van der Waals surface area contributed by atoms with Crippen LogP contribution in [0.25, 0.3) is 0 Å². The highest BCUT2D eigenvalue weighted by molar-refractivity contribution is 5.98. The smallest absolute Gasteiger partial charge is 0.339 e. The molecule has 166 valence electrons. The molecule has 0 heterocycles. The Bertz CT molecular complexity index is 911. The molecule has 0 aliphatic heterocycles. The molecule has 0 radical (unpaired) electrons. The Morgan fingerprint density at radius 2 is 1.55 bits per heavy atom. The number of hydrogen-bond donors (Lipinski definition) is 2. The van der Waals surface area contributed by atoms with Crippen molar-refractivity contribution in [1.82, 2.24) is 0 Å². The Balaban J connectivity index is 1.99. The summed E-state index contributed by atoms with van der Waals surface area (Å²) < 4.78 is 16.5. The maximum absolute atomic E-state index is 12.5. The maximum atomic E-state index is 12.5. The summed E-state index contributed by atoms with van der Waals surface area (Å²) in [6.45, 7) is 7.68. The summed E-state index contributed by atoms with van der Waals surface area (Å²) >= 11 is 0. The zero-order valence-corrected chi connectivity index (χ0v) is 18.2. The second kappa shape index (κ2) is 11.6. The van der Waals surface area contributed by atoms with Crippen LogP contribution in [0.5, 0.6) is 11.5 Å². The summed E-state index contributed by atoms with van der Waals surface area (Å²) in [5.74, 6) is -0.314. The number of esters is 1. The zero-order valence-electron chi connectivity index (χ0n) is 18.2. The van der Waals surface area contributed by atoms with Crippen LogP contribution in [0, 0.1) is 0 Å². The van der Waals surface area contributed by atoms with E-state index < -0.39 is 18.0 Å². The molecule has 2 aromatic rings. The van der Waals surface area contributed by atoms with Crippen LogP contribution in [0.1, 0.15) is 44.5 Å². The highest BCUT2D eigenvalue weighted by Gasteiger charge is 2.20. The topological polar surface area (TPSA) is 103 Å². The van der Waals surface area contributed by atoms with Crippen LogP contribution >= 0.6 is 0 Å². The van der Waals surface area contributed by atoms with Crippen molar-refractivity contribution in [3.63, 3.8) is 0 Å². The van der Waals surface area contributed by atoms with Crippen LogP contribution in [0.4, 0.5) is 11.4 Å². The number of benzene rings is 2. The van der Waals surface area contributed by atoms with Crippen LogP contribution in [0.3, 0.4) is 0 Å². The SMILES string of the molecule is CCCOc1ccc(C(=O)O[C@H](C)C(=O)Nc2ccc(NC(C)=O)cc2)cc1OCC. The number of hydrogen-bond acceptors (Lipinski definition) is 6. The quantitative estimate of drug-likeness (QED) is 0.554. The first-order valence-electron chi connectivity index (χ1n) is 10.1. The van der Waals surface area contributed by atoms with Gasteiger partial charge in [0, 0.05) is 18.3 Å². The summed E-state index contributed by atoms with van der Waals surface area (Å²) in [6.07, 6.45) is -0.174. The van der Waals surface area contributed by atoms with E-state index in [2.05, 4.69) is 10.6 Å². The van der Waals surface area contributed by atoms with Gasteiger partial charge in [-0.25, -0.2) is 4.79 Å². The maximum Gasteiger partial charge on any atom is 0.339 e. The van der Waals surface area contributed by atoms with Crippen molar-refractivity contribution in [2.24, 2.45) is 0 Å². The van der Waals surface area contributed by atoms with Crippen molar-refractivity contribution < 1.29 is 28.6 Å². The number of nitrogens with one attached hydrogen (secondary N) is 2. The second-order valence-electron chi connectivity index (χ2n) is 6.74. The average Bonchev–Trinajstić information content (AvgIpc) is 2.73. The molecule has 0 bridgehead atoms. The van der Waals surface area contributed by atoms with Gasteiger partial charge in [0.2, 0.25) is 5.91 Å². The first-order chi connectivity index (χ1) is 14.8. The Hall–Kier alpha value is -3.55. The van der Waals surface area contributed by atoms with Gasteiger partial charge in [0.1, 0.15) is 0 Å². The number of amides is 2. The minimum Gasteiger partial charge on any atom is -0.490 e. The summed E-state index contributed by atoms with van der Waals surface area (Å²) in [4.78, 5) is 35.9. The van der Waals surface area contributed by atoms with Gasteiger partial charge >= 0.3 is 5.97 Å². The molecule has 0 fully saturated rings. The molecule has 1 atom stereocenters. The molecule has 0 aliphatic rings. The third-order valence-electron chi connectivity index (χ3n) is 4.07. The van der Waals surface area contributed by atoms with Crippen molar-refractivity contribution in [2.75, 3.05) is 23.8 Å². The fourth-order valence-electron chi connectivity index (χ4n) is 2.60. The lowest BCUT2D eigenvalue weighted by Crippen LogP contribution is -2.30. The lowest BCUT2D eigenvalue weighted by atomic mass is 10.2. The van der Waals surface area contributed by atoms with E-state index in [1.54, 1.807) is 42.5 Å². The van der Waals surface area contributed by atoms with Crippen LogP contribution in [-0.4, -0.2) is 37.1 Å². The number of carbonyl (C=O) groups is 3. The van der Waals surface area contributed by atoms with Crippen LogP contribution < -0.4 is 20.1 Å². The second-order valence-corrected chi connectivity index (χ2v) is 6.74. The van der Waals surface area contributed by atoms with Crippen molar-refractivity contribution in [3.05, 3.63) is 48.0 Å². The fourth-order valence-corrected chi connectivity index (χ4v) is 2.60. The number of ether oxygens (including phenoxy) is 3. The molecule has 0 aromatic heterocycles. The van der Waals surface area contributed by atoms with Crippen LogP contribution in [0.2, 0.25) is 0 Å². The molecule has 8 heteroatoms. The highest BCUT2D eigenvalue weighted by Crippen LogP contribution is 2.29. The molecule has 0 unspecified atom stereocenters. The van der Waals surface area contributed by atoms with E-state index in [1.165, 1.54) is 13.8 Å². The lowest BCUT2D eigenvalue weighted by Gasteiger charge is -2.15. The summed E-state index contributed by atoms with van der Waals surface area (Å²) in [5, 5.41) is 5.31. The van der Waals surface area contributed by atoms with E-state index in [0.717, 1.165) is 6.42 Å². The molecule has 2 aromatic carbocycles. The molecule has 2 amide bonds. The lowest BCUT2D eigenvalue weighted by molar-refractivity contribution is -0.123. The molecule has 0 aliphatic carbocycles. The third-order valence-corrected chi connectivity index (χ3v) is 4.07. The largest absolute Gasteiger partial charge is 0.490 e. The van der Waals surface area contributed by atoms with E-state index in [4.69, 9.17) is 14.2 Å². The predicted molar refractivity (Wildman–Crippen MR) is 118 cm³/mol. The molecule has 8 nitrogen and oxygen atoms in total. The number of rotatable bonds is 10. The average molecular weight is 428 g/mol. The molecular weight excluding hydrogens is 400 g/mol. The number of anilines is 2. The molecule has 0 saturated heterocycles. The van der Waals surface area contributed by atoms with Gasteiger partial charge in [0.05, 0.1) is 18.8 Å². The van der Waals surface area contributed by atoms with E-state index >= 15 is 0 Å². The van der Waals surface area contributed by atoms with Gasteiger partial charge in [-0.15, -0.1) is 0 Å².